The Bertz CT molecular complexity index is 283. The Morgan fingerprint density at radius 3 is 2.40 bits per heavy atom. The van der Waals surface area contributed by atoms with Gasteiger partial charge in [0, 0.05) is 0 Å². The average molecular weight is 211 g/mol. The van der Waals surface area contributed by atoms with E-state index in [1.54, 1.807) is 27.7 Å². The molecule has 0 heterocycles. The predicted octanol–water partition coefficient (Wildman–Crippen LogP) is 0.856. The molecule has 0 rings (SSSR count). The van der Waals surface area contributed by atoms with Gasteiger partial charge >= 0.3 is 5.97 Å². The van der Waals surface area contributed by atoms with Crippen molar-refractivity contribution in [3.8, 4) is 12.3 Å². The van der Waals surface area contributed by atoms with Crippen LogP contribution in [0.15, 0.2) is 0 Å². The van der Waals surface area contributed by atoms with Gasteiger partial charge < -0.3 is 10.1 Å². The molecule has 0 aliphatic carbocycles. The molecule has 0 aromatic heterocycles. The van der Waals surface area contributed by atoms with Crippen LogP contribution >= 0.6 is 0 Å². The molecule has 0 aromatic carbocycles. The van der Waals surface area contributed by atoms with Crippen LogP contribution < -0.4 is 5.32 Å². The average Bonchev–Trinajstić information content (AvgIpc) is 2.00. The molecule has 0 aliphatic heterocycles. The molecule has 0 unspecified atom stereocenters. The molecular formula is C11H17NO3. The van der Waals surface area contributed by atoms with Crippen LogP contribution in [0.1, 0.15) is 34.1 Å². The second kappa shape index (κ2) is 5.40. The second-order valence-corrected chi connectivity index (χ2v) is 4.20. The molecule has 4 nitrogen and oxygen atoms in total. The van der Waals surface area contributed by atoms with Crippen LogP contribution in [0.25, 0.3) is 0 Å². The summed E-state index contributed by atoms with van der Waals surface area (Å²) in [5.41, 5.74) is -0.553. The van der Waals surface area contributed by atoms with Gasteiger partial charge in [0.15, 0.2) is 0 Å². The summed E-state index contributed by atoms with van der Waals surface area (Å²) in [6.45, 7) is 6.85. The number of terminal acetylenes is 1. The molecule has 0 spiro atoms. The molecule has 84 valence electrons. The molecule has 0 bridgehead atoms. The van der Waals surface area contributed by atoms with E-state index in [-0.39, 0.29) is 12.3 Å². The van der Waals surface area contributed by atoms with Gasteiger partial charge in [0.25, 0.3) is 0 Å². The summed E-state index contributed by atoms with van der Waals surface area (Å²) in [5.74, 6) is 1.38. The zero-order chi connectivity index (χ0) is 12.1. The molecule has 1 atom stereocenters. The SMILES string of the molecule is C#CCC(=O)N[C@@H](C)C(=O)OC(C)(C)C. The fourth-order valence-corrected chi connectivity index (χ4v) is 0.834. The lowest BCUT2D eigenvalue weighted by molar-refractivity contribution is -0.158. The van der Waals surface area contributed by atoms with Crippen molar-refractivity contribution in [3.05, 3.63) is 0 Å². The quantitative estimate of drug-likeness (QED) is 0.556. The summed E-state index contributed by atoms with van der Waals surface area (Å²) in [6.07, 6.45) is 4.92. The molecule has 1 N–H and O–H groups in total. The Kier molecular flexibility index (Phi) is 4.86. The van der Waals surface area contributed by atoms with Crippen LogP contribution in [0, 0.1) is 12.3 Å². The number of ether oxygens (including phenoxy) is 1. The normalized spacial score (nSPS) is 12.5. The van der Waals surface area contributed by atoms with E-state index in [0.717, 1.165) is 0 Å². The topological polar surface area (TPSA) is 55.4 Å². The molecule has 1 amide bonds. The molecule has 4 heteroatoms. The Morgan fingerprint density at radius 1 is 1.47 bits per heavy atom. The Balaban J connectivity index is 4.12. The number of carbonyl (C=O) groups excluding carboxylic acids is 2. The highest BCUT2D eigenvalue weighted by atomic mass is 16.6. The number of hydrogen-bond acceptors (Lipinski definition) is 3. The van der Waals surface area contributed by atoms with Crippen LogP contribution in [0.4, 0.5) is 0 Å². The van der Waals surface area contributed by atoms with Crippen LogP contribution in [-0.2, 0) is 14.3 Å². The molecule has 0 saturated carbocycles. The summed E-state index contributed by atoms with van der Waals surface area (Å²) < 4.78 is 5.07. The zero-order valence-corrected chi connectivity index (χ0v) is 9.59. The van der Waals surface area contributed by atoms with Gasteiger partial charge in [-0.15, -0.1) is 6.42 Å². The van der Waals surface area contributed by atoms with Crippen molar-refractivity contribution >= 4 is 11.9 Å². The van der Waals surface area contributed by atoms with Gasteiger partial charge in [-0.1, -0.05) is 5.92 Å². The summed E-state index contributed by atoms with van der Waals surface area (Å²) in [5, 5.41) is 2.45. The maximum atomic E-state index is 11.4. The number of amides is 1. The van der Waals surface area contributed by atoms with Gasteiger partial charge in [0.2, 0.25) is 5.91 Å². The van der Waals surface area contributed by atoms with Crippen molar-refractivity contribution in [3.63, 3.8) is 0 Å². The highest BCUT2D eigenvalue weighted by Crippen LogP contribution is 2.08. The van der Waals surface area contributed by atoms with Crippen molar-refractivity contribution in [1.82, 2.24) is 5.32 Å². The van der Waals surface area contributed by atoms with Crippen molar-refractivity contribution in [1.29, 1.82) is 0 Å². The highest BCUT2D eigenvalue weighted by molar-refractivity contribution is 5.85. The van der Waals surface area contributed by atoms with E-state index in [4.69, 9.17) is 11.2 Å². The van der Waals surface area contributed by atoms with Crippen LogP contribution in [0.5, 0.6) is 0 Å². The van der Waals surface area contributed by atoms with Crippen LogP contribution in [0.3, 0.4) is 0 Å². The van der Waals surface area contributed by atoms with E-state index < -0.39 is 17.6 Å². The monoisotopic (exact) mass is 211 g/mol. The first-order valence-electron chi connectivity index (χ1n) is 4.72. The Labute approximate surface area is 90.4 Å². The number of carbonyl (C=O) groups is 2. The van der Waals surface area contributed by atoms with Crippen molar-refractivity contribution < 1.29 is 14.3 Å². The lowest BCUT2D eigenvalue weighted by Crippen LogP contribution is -2.42. The van der Waals surface area contributed by atoms with E-state index in [2.05, 4.69) is 11.2 Å². The molecule has 0 radical (unpaired) electrons. The van der Waals surface area contributed by atoms with E-state index in [1.807, 2.05) is 0 Å². The predicted molar refractivity (Wildman–Crippen MR) is 56.9 cm³/mol. The molecule has 0 aromatic rings. The van der Waals surface area contributed by atoms with Gasteiger partial charge in [-0.25, -0.2) is 4.79 Å². The Hall–Kier alpha value is -1.50. The zero-order valence-electron chi connectivity index (χ0n) is 9.59. The summed E-state index contributed by atoms with van der Waals surface area (Å²) in [4.78, 5) is 22.5. The van der Waals surface area contributed by atoms with E-state index >= 15 is 0 Å². The van der Waals surface area contributed by atoms with Crippen LogP contribution in [-0.4, -0.2) is 23.5 Å². The molecule has 15 heavy (non-hydrogen) atoms. The number of nitrogens with one attached hydrogen (secondary N) is 1. The Morgan fingerprint density at radius 2 is 2.00 bits per heavy atom. The fourth-order valence-electron chi connectivity index (χ4n) is 0.834. The first-order chi connectivity index (χ1) is 6.76. The standard InChI is InChI=1S/C11H17NO3/c1-6-7-9(13)12-8(2)10(14)15-11(3,4)5/h1,8H,7H2,2-5H3,(H,12,13)/t8-/m0/s1. The molecule has 0 fully saturated rings. The van der Waals surface area contributed by atoms with E-state index in [0.29, 0.717) is 0 Å². The molecular weight excluding hydrogens is 194 g/mol. The van der Waals surface area contributed by atoms with Crippen molar-refractivity contribution in [2.45, 2.75) is 45.8 Å². The third kappa shape index (κ3) is 6.55. The van der Waals surface area contributed by atoms with Gasteiger partial charge in [0.1, 0.15) is 11.6 Å². The van der Waals surface area contributed by atoms with Gasteiger partial charge in [0.05, 0.1) is 6.42 Å². The van der Waals surface area contributed by atoms with Gasteiger partial charge in [-0.2, -0.15) is 0 Å². The van der Waals surface area contributed by atoms with Crippen molar-refractivity contribution in [2.24, 2.45) is 0 Å². The molecule has 0 aliphatic rings. The first kappa shape index (κ1) is 13.5. The van der Waals surface area contributed by atoms with Crippen LogP contribution in [0.2, 0.25) is 0 Å². The minimum Gasteiger partial charge on any atom is -0.458 e. The lowest BCUT2D eigenvalue weighted by Gasteiger charge is -2.22. The summed E-state index contributed by atoms with van der Waals surface area (Å²) >= 11 is 0. The fraction of sp³-hybridized carbons (Fsp3) is 0.636. The third-order valence-corrected chi connectivity index (χ3v) is 1.40. The smallest absolute Gasteiger partial charge is 0.328 e. The lowest BCUT2D eigenvalue weighted by atomic mass is 10.2. The second-order valence-electron chi connectivity index (χ2n) is 4.20. The molecule has 0 saturated heterocycles. The van der Waals surface area contributed by atoms with Crippen molar-refractivity contribution in [2.75, 3.05) is 0 Å². The minimum absolute atomic E-state index is 0.0346. The van der Waals surface area contributed by atoms with Gasteiger partial charge in [-0.05, 0) is 27.7 Å². The van der Waals surface area contributed by atoms with Gasteiger partial charge in [-0.3, -0.25) is 4.79 Å². The largest absolute Gasteiger partial charge is 0.458 e. The summed E-state index contributed by atoms with van der Waals surface area (Å²) in [6, 6.07) is -0.676. The maximum absolute atomic E-state index is 11.4. The summed E-state index contributed by atoms with van der Waals surface area (Å²) in [7, 11) is 0. The number of hydrogen-bond donors (Lipinski definition) is 1. The highest BCUT2D eigenvalue weighted by Gasteiger charge is 2.22. The third-order valence-electron chi connectivity index (χ3n) is 1.40. The first-order valence-corrected chi connectivity index (χ1v) is 4.72. The maximum Gasteiger partial charge on any atom is 0.328 e. The number of rotatable bonds is 3. The number of esters is 1. The van der Waals surface area contributed by atoms with E-state index in [1.165, 1.54) is 0 Å². The van der Waals surface area contributed by atoms with E-state index in [9.17, 15) is 9.59 Å². The minimum atomic E-state index is -0.676.